The largest absolute Gasteiger partial charge is 0.352 e. The van der Waals surface area contributed by atoms with Gasteiger partial charge in [0.25, 0.3) is 0 Å². The van der Waals surface area contributed by atoms with Crippen molar-refractivity contribution in [2.75, 3.05) is 20.6 Å². The van der Waals surface area contributed by atoms with Gasteiger partial charge in [0.1, 0.15) is 6.04 Å². The Morgan fingerprint density at radius 3 is 2.48 bits per heavy atom. The zero-order valence-electron chi connectivity index (χ0n) is 13.1. The Bertz CT molecular complexity index is 475. The zero-order chi connectivity index (χ0) is 15.3. The van der Waals surface area contributed by atoms with Crippen molar-refractivity contribution >= 4 is 24.2 Å². The van der Waals surface area contributed by atoms with E-state index in [0.717, 1.165) is 5.56 Å². The molecule has 0 saturated heterocycles. The van der Waals surface area contributed by atoms with Gasteiger partial charge in [-0.15, -0.1) is 12.4 Å². The molecule has 120 valence electrons. The molecule has 1 aromatic heterocycles. The molecule has 7 nitrogen and oxygen atoms in total. The number of aromatic nitrogens is 2. The topological polar surface area (TPSA) is 79.3 Å². The van der Waals surface area contributed by atoms with E-state index in [2.05, 4.69) is 15.7 Å². The normalized spacial score (nSPS) is 11.7. The van der Waals surface area contributed by atoms with E-state index in [9.17, 15) is 9.59 Å². The first kappa shape index (κ1) is 19.4. The summed E-state index contributed by atoms with van der Waals surface area (Å²) < 4.78 is 1.64. The van der Waals surface area contributed by atoms with Crippen LogP contribution in [0.1, 0.15) is 25.5 Å². The lowest BCUT2D eigenvalue weighted by Crippen LogP contribution is -2.44. The number of nitrogens with one attached hydrogen (secondary N) is 2. The summed E-state index contributed by atoms with van der Waals surface area (Å²) in [5, 5.41) is 9.76. The maximum Gasteiger partial charge on any atom is 0.244 e. The Morgan fingerprint density at radius 1 is 1.43 bits per heavy atom. The summed E-state index contributed by atoms with van der Waals surface area (Å²) in [5.41, 5.74) is 0.774. The number of hydrogen-bond donors (Lipinski definition) is 2. The van der Waals surface area contributed by atoms with Crippen molar-refractivity contribution < 1.29 is 9.59 Å². The van der Waals surface area contributed by atoms with E-state index in [4.69, 9.17) is 0 Å². The Hall–Kier alpha value is -1.60. The highest BCUT2D eigenvalue weighted by atomic mass is 35.5. The number of amides is 2. The summed E-state index contributed by atoms with van der Waals surface area (Å²) in [5.74, 6) is -0.337. The summed E-state index contributed by atoms with van der Waals surface area (Å²) in [6.07, 6.45) is 3.42. The number of carbonyl (C=O) groups excluding carboxylic acids is 2. The minimum atomic E-state index is -0.499. The number of halogens is 1. The first-order valence-electron chi connectivity index (χ1n) is 6.55. The Morgan fingerprint density at radius 2 is 2.05 bits per heavy atom. The van der Waals surface area contributed by atoms with Gasteiger partial charge in [-0.3, -0.25) is 14.3 Å². The lowest BCUT2D eigenvalue weighted by atomic mass is 10.1. The molecule has 1 aromatic rings. The molecule has 8 heteroatoms. The van der Waals surface area contributed by atoms with E-state index in [-0.39, 0.29) is 36.8 Å². The van der Waals surface area contributed by atoms with Crippen molar-refractivity contribution in [3.8, 4) is 0 Å². The third kappa shape index (κ3) is 5.73. The van der Waals surface area contributed by atoms with Crippen LogP contribution in [0.5, 0.6) is 0 Å². The van der Waals surface area contributed by atoms with Crippen LogP contribution >= 0.6 is 12.4 Å². The lowest BCUT2D eigenvalue weighted by Gasteiger charge is -2.23. The molecular formula is C13H24ClN5O2. The number of aryl methyl sites for hydroxylation is 1. The SMILES string of the molecule is CNC(C(=O)N(C)CC(=O)NC(C)C)c1cnn(C)c1.Cl. The van der Waals surface area contributed by atoms with Crippen molar-refractivity contribution in [1.29, 1.82) is 0 Å². The van der Waals surface area contributed by atoms with Crippen LogP contribution in [-0.2, 0) is 16.6 Å². The molecule has 0 fully saturated rings. The number of likely N-dealkylation sites (N-methyl/N-ethyl adjacent to an activating group) is 2. The van der Waals surface area contributed by atoms with Crippen molar-refractivity contribution in [2.45, 2.75) is 25.9 Å². The van der Waals surface area contributed by atoms with Gasteiger partial charge in [-0.2, -0.15) is 5.10 Å². The predicted octanol–water partition coefficient (Wildman–Crippen LogP) is 0.0854. The highest BCUT2D eigenvalue weighted by Gasteiger charge is 2.24. The van der Waals surface area contributed by atoms with E-state index in [1.807, 2.05) is 13.8 Å². The maximum absolute atomic E-state index is 12.4. The summed E-state index contributed by atoms with van der Waals surface area (Å²) in [6, 6.07) is -0.440. The van der Waals surface area contributed by atoms with Gasteiger partial charge in [0.2, 0.25) is 11.8 Å². The van der Waals surface area contributed by atoms with Crippen molar-refractivity contribution in [3.05, 3.63) is 18.0 Å². The Labute approximate surface area is 131 Å². The summed E-state index contributed by atoms with van der Waals surface area (Å²) in [4.78, 5) is 25.4. The molecule has 1 rings (SSSR count). The molecule has 0 aromatic carbocycles. The zero-order valence-corrected chi connectivity index (χ0v) is 13.9. The molecule has 2 amide bonds. The number of hydrogen-bond acceptors (Lipinski definition) is 4. The molecule has 0 aliphatic heterocycles. The fourth-order valence-corrected chi connectivity index (χ4v) is 1.90. The number of nitrogens with zero attached hydrogens (tertiary/aromatic N) is 3. The van der Waals surface area contributed by atoms with Crippen LogP contribution in [0.4, 0.5) is 0 Å². The van der Waals surface area contributed by atoms with E-state index in [0.29, 0.717) is 0 Å². The lowest BCUT2D eigenvalue weighted by molar-refractivity contribution is -0.136. The van der Waals surface area contributed by atoms with Crippen molar-refractivity contribution in [2.24, 2.45) is 7.05 Å². The minimum absolute atomic E-state index is 0. The van der Waals surface area contributed by atoms with Crippen LogP contribution < -0.4 is 10.6 Å². The molecule has 0 spiro atoms. The predicted molar refractivity (Wildman–Crippen MR) is 83.2 cm³/mol. The first-order chi connectivity index (χ1) is 9.35. The standard InChI is InChI=1S/C13H23N5O2.ClH/c1-9(2)16-11(19)8-17(4)13(20)12(14-3)10-6-15-18(5)7-10;/h6-7,9,12,14H,8H2,1-5H3,(H,16,19);1H. The van der Waals surface area contributed by atoms with Gasteiger partial charge in [-0.05, 0) is 20.9 Å². The van der Waals surface area contributed by atoms with Crippen LogP contribution in [0, 0.1) is 0 Å². The molecule has 0 aliphatic rings. The highest BCUT2D eigenvalue weighted by Crippen LogP contribution is 2.13. The first-order valence-corrected chi connectivity index (χ1v) is 6.55. The quantitative estimate of drug-likeness (QED) is 0.779. The van der Waals surface area contributed by atoms with Crippen LogP contribution in [0.3, 0.4) is 0 Å². The molecule has 1 atom stereocenters. The van der Waals surface area contributed by atoms with Crippen LogP contribution in [0.25, 0.3) is 0 Å². The fraction of sp³-hybridized carbons (Fsp3) is 0.615. The molecule has 1 unspecified atom stereocenters. The van der Waals surface area contributed by atoms with E-state index >= 15 is 0 Å². The molecule has 0 bridgehead atoms. The van der Waals surface area contributed by atoms with E-state index in [1.165, 1.54) is 4.90 Å². The maximum atomic E-state index is 12.4. The summed E-state index contributed by atoms with van der Waals surface area (Å²) in [7, 11) is 5.11. The number of carbonyl (C=O) groups is 2. The second kappa shape index (κ2) is 8.63. The minimum Gasteiger partial charge on any atom is -0.352 e. The third-order valence-corrected chi connectivity index (χ3v) is 2.80. The van der Waals surface area contributed by atoms with Gasteiger partial charge in [-0.25, -0.2) is 0 Å². The molecule has 1 heterocycles. The van der Waals surface area contributed by atoms with Crippen LogP contribution in [0.15, 0.2) is 12.4 Å². The van der Waals surface area contributed by atoms with Gasteiger partial charge >= 0.3 is 0 Å². The second-order valence-electron chi connectivity index (χ2n) is 5.09. The monoisotopic (exact) mass is 317 g/mol. The summed E-state index contributed by atoms with van der Waals surface area (Å²) >= 11 is 0. The van der Waals surface area contributed by atoms with Crippen LogP contribution in [-0.4, -0.2) is 53.2 Å². The van der Waals surface area contributed by atoms with Crippen molar-refractivity contribution in [3.63, 3.8) is 0 Å². The van der Waals surface area contributed by atoms with Gasteiger partial charge in [0.05, 0.1) is 12.7 Å². The molecule has 0 radical (unpaired) electrons. The smallest absolute Gasteiger partial charge is 0.244 e. The second-order valence-corrected chi connectivity index (χ2v) is 5.09. The molecule has 21 heavy (non-hydrogen) atoms. The average molecular weight is 318 g/mol. The van der Waals surface area contributed by atoms with Crippen LogP contribution in [0.2, 0.25) is 0 Å². The van der Waals surface area contributed by atoms with Gasteiger partial charge < -0.3 is 15.5 Å². The molecule has 0 saturated carbocycles. The van der Waals surface area contributed by atoms with Crippen molar-refractivity contribution in [1.82, 2.24) is 25.3 Å². The average Bonchev–Trinajstić information content (AvgIpc) is 2.75. The van der Waals surface area contributed by atoms with Gasteiger partial charge in [0, 0.05) is 31.9 Å². The fourth-order valence-electron chi connectivity index (χ4n) is 1.90. The Kier molecular flexibility index (Phi) is 7.98. The van der Waals surface area contributed by atoms with Gasteiger partial charge in [-0.1, -0.05) is 0 Å². The molecule has 2 N–H and O–H groups in total. The molecule has 0 aliphatic carbocycles. The Balaban J connectivity index is 0.00000400. The molecular weight excluding hydrogens is 294 g/mol. The summed E-state index contributed by atoms with van der Waals surface area (Å²) in [6.45, 7) is 3.80. The van der Waals surface area contributed by atoms with E-state index in [1.54, 1.807) is 38.2 Å². The third-order valence-electron chi connectivity index (χ3n) is 2.80. The number of rotatable bonds is 6. The van der Waals surface area contributed by atoms with Gasteiger partial charge in [0.15, 0.2) is 0 Å². The highest BCUT2D eigenvalue weighted by molar-refractivity contribution is 5.88. The van der Waals surface area contributed by atoms with E-state index < -0.39 is 6.04 Å².